The summed E-state index contributed by atoms with van der Waals surface area (Å²) in [4.78, 5) is 4.49. The maximum Gasteiger partial charge on any atom is 0.240 e. The molecule has 1 unspecified atom stereocenters. The van der Waals surface area contributed by atoms with E-state index in [9.17, 15) is 0 Å². The molecular formula is C20H22BrN3O2. The van der Waals surface area contributed by atoms with E-state index < -0.39 is 0 Å². The van der Waals surface area contributed by atoms with E-state index >= 15 is 0 Å². The van der Waals surface area contributed by atoms with Crippen molar-refractivity contribution >= 4 is 15.9 Å². The number of aromatic nitrogens is 2. The van der Waals surface area contributed by atoms with Gasteiger partial charge in [-0.1, -0.05) is 59.2 Å². The van der Waals surface area contributed by atoms with Gasteiger partial charge in [-0.15, -0.1) is 0 Å². The van der Waals surface area contributed by atoms with Crippen LogP contribution in [0.3, 0.4) is 0 Å². The molecule has 0 radical (unpaired) electrons. The standard InChI is InChI=1S/C20H22BrN3O2/c1-13(2)19(14-7-9-17(25-3)10-8-14)22-12-18-23-20(24-26-18)15-5-4-6-16(21)11-15/h4-11,13,19,22H,12H2,1-3H3. The van der Waals surface area contributed by atoms with Crippen LogP contribution in [0.5, 0.6) is 5.75 Å². The molecule has 0 saturated carbocycles. The van der Waals surface area contributed by atoms with Crippen LogP contribution in [0.4, 0.5) is 0 Å². The minimum absolute atomic E-state index is 0.183. The van der Waals surface area contributed by atoms with Crippen LogP contribution in [-0.4, -0.2) is 17.3 Å². The first kappa shape index (κ1) is 18.6. The average molecular weight is 416 g/mol. The van der Waals surface area contributed by atoms with Crippen molar-refractivity contribution in [2.75, 3.05) is 7.11 Å². The van der Waals surface area contributed by atoms with Gasteiger partial charge in [0.25, 0.3) is 0 Å². The summed E-state index contributed by atoms with van der Waals surface area (Å²) in [5.74, 6) is 2.43. The zero-order valence-corrected chi connectivity index (χ0v) is 16.7. The summed E-state index contributed by atoms with van der Waals surface area (Å²) in [6.07, 6.45) is 0. The molecule has 3 aromatic rings. The molecule has 5 nitrogen and oxygen atoms in total. The van der Waals surface area contributed by atoms with Crippen molar-refractivity contribution in [1.82, 2.24) is 15.5 Å². The van der Waals surface area contributed by atoms with Gasteiger partial charge >= 0.3 is 0 Å². The van der Waals surface area contributed by atoms with Gasteiger partial charge in [-0.3, -0.25) is 0 Å². The molecule has 1 heterocycles. The summed E-state index contributed by atoms with van der Waals surface area (Å²) in [6.45, 7) is 4.88. The number of nitrogens with one attached hydrogen (secondary N) is 1. The highest BCUT2D eigenvalue weighted by molar-refractivity contribution is 9.10. The lowest BCUT2D eigenvalue weighted by Gasteiger charge is -2.22. The summed E-state index contributed by atoms with van der Waals surface area (Å²) in [5, 5.41) is 7.60. The van der Waals surface area contributed by atoms with E-state index in [1.165, 1.54) is 5.56 Å². The molecule has 0 spiro atoms. The summed E-state index contributed by atoms with van der Waals surface area (Å²) >= 11 is 3.46. The Morgan fingerprint density at radius 1 is 1.15 bits per heavy atom. The van der Waals surface area contributed by atoms with E-state index in [-0.39, 0.29) is 6.04 Å². The Morgan fingerprint density at radius 2 is 1.92 bits per heavy atom. The second kappa shape index (κ2) is 8.47. The minimum Gasteiger partial charge on any atom is -0.497 e. The Labute approximate surface area is 161 Å². The second-order valence-corrected chi connectivity index (χ2v) is 7.31. The molecule has 0 aliphatic heterocycles. The van der Waals surface area contributed by atoms with Crippen molar-refractivity contribution in [3.05, 3.63) is 64.5 Å². The molecular weight excluding hydrogens is 394 g/mol. The van der Waals surface area contributed by atoms with Crippen LogP contribution in [0.2, 0.25) is 0 Å². The van der Waals surface area contributed by atoms with Gasteiger partial charge in [-0.05, 0) is 35.7 Å². The zero-order chi connectivity index (χ0) is 18.5. The molecule has 136 valence electrons. The smallest absolute Gasteiger partial charge is 0.240 e. The fourth-order valence-corrected chi connectivity index (χ4v) is 3.22. The fourth-order valence-electron chi connectivity index (χ4n) is 2.82. The number of benzene rings is 2. The highest BCUT2D eigenvalue weighted by Crippen LogP contribution is 2.25. The number of ether oxygens (including phenoxy) is 1. The van der Waals surface area contributed by atoms with E-state index in [2.05, 4.69) is 57.4 Å². The lowest BCUT2D eigenvalue weighted by atomic mass is 9.96. The number of hydrogen-bond acceptors (Lipinski definition) is 5. The van der Waals surface area contributed by atoms with Crippen LogP contribution >= 0.6 is 15.9 Å². The van der Waals surface area contributed by atoms with Crippen molar-refractivity contribution in [2.24, 2.45) is 5.92 Å². The number of methoxy groups -OCH3 is 1. The Kier molecular flexibility index (Phi) is 6.06. The van der Waals surface area contributed by atoms with E-state index in [1.807, 2.05) is 36.4 Å². The first-order chi connectivity index (χ1) is 12.6. The van der Waals surface area contributed by atoms with E-state index in [0.29, 0.717) is 24.2 Å². The predicted octanol–water partition coefficient (Wildman–Crippen LogP) is 4.99. The van der Waals surface area contributed by atoms with E-state index in [1.54, 1.807) is 7.11 Å². The van der Waals surface area contributed by atoms with Crippen molar-refractivity contribution in [3.63, 3.8) is 0 Å². The molecule has 0 saturated heterocycles. The van der Waals surface area contributed by atoms with Crippen molar-refractivity contribution in [2.45, 2.75) is 26.4 Å². The molecule has 3 rings (SSSR count). The third-order valence-electron chi connectivity index (χ3n) is 4.17. The van der Waals surface area contributed by atoms with Gasteiger partial charge in [-0.2, -0.15) is 4.98 Å². The molecule has 0 bridgehead atoms. The lowest BCUT2D eigenvalue weighted by molar-refractivity contribution is 0.337. The quantitative estimate of drug-likeness (QED) is 0.588. The normalized spacial score (nSPS) is 12.3. The number of halogens is 1. The monoisotopic (exact) mass is 415 g/mol. The summed E-state index contributed by atoms with van der Waals surface area (Å²) < 4.78 is 11.6. The average Bonchev–Trinajstić information content (AvgIpc) is 3.11. The summed E-state index contributed by atoms with van der Waals surface area (Å²) in [7, 11) is 1.67. The predicted molar refractivity (Wildman–Crippen MR) is 105 cm³/mol. The molecule has 1 N–H and O–H groups in total. The molecule has 1 atom stereocenters. The Morgan fingerprint density at radius 3 is 2.58 bits per heavy atom. The highest BCUT2D eigenvalue weighted by atomic mass is 79.9. The van der Waals surface area contributed by atoms with Crippen molar-refractivity contribution in [1.29, 1.82) is 0 Å². The topological polar surface area (TPSA) is 60.2 Å². The number of nitrogens with zero attached hydrogens (tertiary/aromatic N) is 2. The van der Waals surface area contributed by atoms with Crippen LogP contribution in [0.15, 0.2) is 57.5 Å². The van der Waals surface area contributed by atoms with Crippen LogP contribution in [0.25, 0.3) is 11.4 Å². The maximum atomic E-state index is 5.40. The second-order valence-electron chi connectivity index (χ2n) is 6.40. The minimum atomic E-state index is 0.183. The Balaban J connectivity index is 1.69. The van der Waals surface area contributed by atoms with E-state index in [4.69, 9.17) is 9.26 Å². The molecule has 26 heavy (non-hydrogen) atoms. The third-order valence-corrected chi connectivity index (χ3v) is 4.66. The SMILES string of the molecule is COc1ccc(C(NCc2nc(-c3cccc(Br)c3)no2)C(C)C)cc1. The van der Waals surface area contributed by atoms with E-state index in [0.717, 1.165) is 15.8 Å². The number of hydrogen-bond donors (Lipinski definition) is 1. The fraction of sp³-hybridized carbons (Fsp3) is 0.300. The molecule has 6 heteroatoms. The summed E-state index contributed by atoms with van der Waals surface area (Å²) in [5.41, 5.74) is 2.12. The highest BCUT2D eigenvalue weighted by Gasteiger charge is 2.17. The number of rotatable bonds is 7. The third kappa shape index (κ3) is 4.51. The molecule has 0 aliphatic rings. The van der Waals surface area contributed by atoms with Gasteiger partial charge in [0.15, 0.2) is 0 Å². The van der Waals surface area contributed by atoms with Crippen LogP contribution < -0.4 is 10.1 Å². The maximum absolute atomic E-state index is 5.40. The Bertz CT molecular complexity index is 846. The zero-order valence-electron chi connectivity index (χ0n) is 15.1. The molecule has 0 aliphatic carbocycles. The first-order valence-electron chi connectivity index (χ1n) is 8.52. The Hall–Kier alpha value is -2.18. The van der Waals surface area contributed by atoms with Gasteiger partial charge in [0, 0.05) is 16.1 Å². The van der Waals surface area contributed by atoms with Crippen molar-refractivity contribution in [3.8, 4) is 17.1 Å². The van der Waals surface area contributed by atoms with Gasteiger partial charge in [0.1, 0.15) is 5.75 Å². The van der Waals surface area contributed by atoms with Gasteiger partial charge in [-0.25, -0.2) is 0 Å². The molecule has 0 amide bonds. The molecule has 1 aromatic heterocycles. The molecule has 2 aromatic carbocycles. The van der Waals surface area contributed by atoms with Gasteiger partial charge in [0.05, 0.1) is 13.7 Å². The largest absolute Gasteiger partial charge is 0.497 e. The van der Waals surface area contributed by atoms with Crippen LogP contribution in [0.1, 0.15) is 31.3 Å². The van der Waals surface area contributed by atoms with Crippen molar-refractivity contribution < 1.29 is 9.26 Å². The molecule has 0 fully saturated rings. The van der Waals surface area contributed by atoms with Crippen LogP contribution in [0, 0.1) is 5.92 Å². The van der Waals surface area contributed by atoms with Gasteiger partial charge < -0.3 is 14.6 Å². The summed E-state index contributed by atoms with van der Waals surface area (Å²) in [6, 6.07) is 16.1. The van der Waals surface area contributed by atoms with Crippen LogP contribution in [-0.2, 0) is 6.54 Å². The first-order valence-corrected chi connectivity index (χ1v) is 9.32. The van der Waals surface area contributed by atoms with Gasteiger partial charge in [0.2, 0.25) is 11.7 Å². The lowest BCUT2D eigenvalue weighted by Crippen LogP contribution is -2.25.